The number of aromatic nitrogens is 6. The molecular formula is C15H16N6OS. The minimum Gasteiger partial charge on any atom is -0.370 e. The third-order valence-electron chi connectivity index (χ3n) is 4.41. The van der Waals surface area contributed by atoms with E-state index in [0.29, 0.717) is 12.4 Å². The van der Waals surface area contributed by atoms with Crippen molar-refractivity contribution < 1.29 is 4.74 Å². The van der Waals surface area contributed by atoms with Crippen molar-refractivity contribution in [1.29, 1.82) is 0 Å². The quantitative estimate of drug-likeness (QED) is 0.496. The number of rotatable bonds is 0. The number of nitrogens with zero attached hydrogens (tertiary/aromatic N) is 6. The Labute approximate surface area is 135 Å². The van der Waals surface area contributed by atoms with Crippen molar-refractivity contribution in [2.24, 2.45) is 0 Å². The molecule has 0 aromatic carbocycles. The van der Waals surface area contributed by atoms with E-state index in [-0.39, 0.29) is 5.60 Å². The van der Waals surface area contributed by atoms with Gasteiger partial charge in [-0.15, -0.1) is 26.6 Å². The molecule has 5 heterocycles. The number of hydrogen-bond donors (Lipinski definition) is 0. The third kappa shape index (κ3) is 1.67. The van der Waals surface area contributed by atoms with Crippen LogP contribution in [0.2, 0.25) is 0 Å². The van der Waals surface area contributed by atoms with Crippen molar-refractivity contribution in [2.75, 3.05) is 0 Å². The summed E-state index contributed by atoms with van der Waals surface area (Å²) in [5, 5.41) is 14.2. The molecule has 0 spiro atoms. The van der Waals surface area contributed by atoms with Crippen LogP contribution in [0.5, 0.6) is 0 Å². The van der Waals surface area contributed by atoms with E-state index in [1.807, 2.05) is 18.4 Å². The van der Waals surface area contributed by atoms with Gasteiger partial charge in [-0.2, -0.15) is 4.52 Å². The smallest absolute Gasteiger partial charge is 0.259 e. The molecule has 0 N–H and O–H groups in total. The zero-order chi connectivity index (χ0) is 15.9. The predicted molar refractivity (Wildman–Crippen MR) is 87.0 cm³/mol. The molecule has 1 aliphatic rings. The summed E-state index contributed by atoms with van der Waals surface area (Å²) < 4.78 is 9.88. The molecule has 0 unspecified atom stereocenters. The van der Waals surface area contributed by atoms with E-state index < -0.39 is 0 Å². The summed E-state index contributed by atoms with van der Waals surface area (Å²) in [6.07, 6.45) is 0.872. The monoisotopic (exact) mass is 328 g/mol. The number of ether oxygens (including phenoxy) is 1. The molecule has 118 valence electrons. The van der Waals surface area contributed by atoms with Crippen LogP contribution in [0.25, 0.3) is 21.6 Å². The zero-order valence-corrected chi connectivity index (χ0v) is 14.2. The lowest BCUT2D eigenvalue weighted by atomic mass is 9.94. The molecule has 1 aliphatic heterocycles. The molecule has 8 heteroatoms. The molecule has 23 heavy (non-hydrogen) atoms. The van der Waals surface area contributed by atoms with Crippen LogP contribution in [0.15, 0.2) is 0 Å². The lowest BCUT2D eigenvalue weighted by Gasteiger charge is -2.30. The van der Waals surface area contributed by atoms with Crippen molar-refractivity contribution in [2.45, 2.75) is 46.3 Å². The molecule has 4 aromatic heterocycles. The van der Waals surface area contributed by atoms with Crippen molar-refractivity contribution in [3.05, 3.63) is 22.1 Å². The molecule has 0 saturated carbocycles. The lowest BCUT2D eigenvalue weighted by Crippen LogP contribution is -2.31. The lowest BCUT2D eigenvalue weighted by molar-refractivity contribution is -0.0379. The molecule has 5 rings (SSSR count). The van der Waals surface area contributed by atoms with Crippen molar-refractivity contribution in [3.8, 4) is 0 Å². The van der Waals surface area contributed by atoms with Crippen molar-refractivity contribution in [1.82, 2.24) is 29.2 Å². The number of thiophene rings is 1. The summed E-state index contributed by atoms with van der Waals surface area (Å²) >= 11 is 1.75. The van der Waals surface area contributed by atoms with E-state index in [4.69, 9.17) is 4.74 Å². The Morgan fingerprint density at radius 3 is 2.87 bits per heavy atom. The van der Waals surface area contributed by atoms with Crippen LogP contribution in [0.1, 0.15) is 35.9 Å². The average molecular weight is 328 g/mol. The Bertz CT molecular complexity index is 1100. The Balaban J connectivity index is 2.04. The van der Waals surface area contributed by atoms with Gasteiger partial charge in [0, 0.05) is 11.3 Å². The highest BCUT2D eigenvalue weighted by molar-refractivity contribution is 7.19. The molecule has 4 aromatic rings. The van der Waals surface area contributed by atoms with Crippen LogP contribution in [0.3, 0.4) is 0 Å². The summed E-state index contributed by atoms with van der Waals surface area (Å²) in [5.74, 6) is 2.31. The largest absolute Gasteiger partial charge is 0.370 e. The fourth-order valence-corrected chi connectivity index (χ4v) is 4.64. The van der Waals surface area contributed by atoms with Crippen LogP contribution in [-0.4, -0.2) is 34.8 Å². The highest BCUT2D eigenvalue weighted by Gasteiger charge is 2.31. The van der Waals surface area contributed by atoms with Gasteiger partial charge in [-0.05, 0) is 33.3 Å². The SMILES string of the molecule is Cc1nc2c3c4c(sc3n3c(C)nnc3n2n1)COC(C)(C)C4. The Morgan fingerprint density at radius 2 is 2.04 bits per heavy atom. The summed E-state index contributed by atoms with van der Waals surface area (Å²) in [5.41, 5.74) is 2.03. The van der Waals surface area contributed by atoms with Gasteiger partial charge in [0.1, 0.15) is 16.5 Å². The topological polar surface area (TPSA) is 69.6 Å². The Hall–Kier alpha value is -2.06. The highest BCUT2D eigenvalue weighted by atomic mass is 32.1. The maximum atomic E-state index is 5.99. The first-order valence-electron chi connectivity index (χ1n) is 7.60. The van der Waals surface area contributed by atoms with Crippen molar-refractivity contribution in [3.63, 3.8) is 0 Å². The molecule has 0 amide bonds. The van der Waals surface area contributed by atoms with Crippen LogP contribution in [0.4, 0.5) is 0 Å². The van der Waals surface area contributed by atoms with E-state index in [2.05, 4.69) is 38.5 Å². The number of hydrogen-bond acceptors (Lipinski definition) is 6. The highest BCUT2D eigenvalue weighted by Crippen LogP contribution is 2.40. The van der Waals surface area contributed by atoms with Crippen molar-refractivity contribution >= 4 is 33.0 Å². The van der Waals surface area contributed by atoms with Gasteiger partial charge < -0.3 is 4.74 Å². The van der Waals surface area contributed by atoms with Crippen LogP contribution in [-0.2, 0) is 17.8 Å². The maximum absolute atomic E-state index is 5.99. The van der Waals surface area contributed by atoms with E-state index in [0.717, 1.165) is 33.9 Å². The molecule has 0 bridgehead atoms. The first-order chi connectivity index (χ1) is 10.9. The van der Waals surface area contributed by atoms with E-state index in [1.165, 1.54) is 10.4 Å². The third-order valence-corrected chi connectivity index (χ3v) is 5.60. The van der Waals surface area contributed by atoms with Gasteiger partial charge in [0.25, 0.3) is 5.78 Å². The Morgan fingerprint density at radius 1 is 1.22 bits per heavy atom. The van der Waals surface area contributed by atoms with Gasteiger partial charge in [-0.3, -0.25) is 4.40 Å². The molecule has 0 radical (unpaired) electrons. The maximum Gasteiger partial charge on any atom is 0.259 e. The second-order valence-electron chi connectivity index (χ2n) is 6.69. The van der Waals surface area contributed by atoms with E-state index in [9.17, 15) is 0 Å². The predicted octanol–water partition coefficient (Wildman–Crippen LogP) is 2.45. The fraction of sp³-hybridized carbons (Fsp3) is 0.467. The summed E-state index contributed by atoms with van der Waals surface area (Å²) in [6.45, 7) is 8.78. The summed E-state index contributed by atoms with van der Waals surface area (Å²) in [6, 6.07) is 0. The number of aryl methyl sites for hydroxylation is 2. The first kappa shape index (κ1) is 13.4. The molecule has 0 fully saturated rings. The van der Waals surface area contributed by atoms with E-state index >= 15 is 0 Å². The standard InChI is InChI=1S/C15H16N6OS/c1-7-16-12-11-9-5-15(3,4)22-6-10(9)23-13(11)20-8(2)17-18-14(20)21(12)19-7/h5-6H2,1-4H3. The zero-order valence-electron chi connectivity index (χ0n) is 13.4. The molecule has 0 saturated heterocycles. The minimum atomic E-state index is -0.162. The normalized spacial score (nSPS) is 17.4. The van der Waals surface area contributed by atoms with Crippen LogP contribution in [0, 0.1) is 13.8 Å². The molecular weight excluding hydrogens is 312 g/mol. The van der Waals surface area contributed by atoms with Gasteiger partial charge in [-0.25, -0.2) is 4.98 Å². The first-order valence-corrected chi connectivity index (χ1v) is 8.41. The van der Waals surface area contributed by atoms with Gasteiger partial charge in [0.2, 0.25) is 0 Å². The van der Waals surface area contributed by atoms with Gasteiger partial charge >= 0.3 is 0 Å². The average Bonchev–Trinajstić information content (AvgIpc) is 3.12. The van der Waals surface area contributed by atoms with Gasteiger partial charge in [0.05, 0.1) is 17.6 Å². The minimum absolute atomic E-state index is 0.162. The van der Waals surface area contributed by atoms with Gasteiger partial charge in [0.15, 0.2) is 5.65 Å². The second kappa shape index (κ2) is 4.07. The molecule has 0 atom stereocenters. The van der Waals surface area contributed by atoms with Crippen LogP contribution < -0.4 is 0 Å². The number of fused-ring (bicyclic) bond motifs is 8. The van der Waals surface area contributed by atoms with Gasteiger partial charge in [-0.1, -0.05) is 0 Å². The van der Waals surface area contributed by atoms with E-state index in [1.54, 1.807) is 11.3 Å². The fourth-order valence-electron chi connectivity index (χ4n) is 3.37. The Kier molecular flexibility index (Phi) is 2.37. The molecule has 0 aliphatic carbocycles. The molecule has 7 nitrogen and oxygen atoms in total. The van der Waals surface area contributed by atoms with Crippen LogP contribution >= 0.6 is 11.3 Å². The summed E-state index contributed by atoms with van der Waals surface area (Å²) in [7, 11) is 0. The second-order valence-corrected chi connectivity index (χ2v) is 7.77. The summed E-state index contributed by atoms with van der Waals surface area (Å²) in [4.78, 5) is 7.06.